The van der Waals surface area contributed by atoms with Gasteiger partial charge in [0.1, 0.15) is 0 Å². The molecule has 1 rings (SSSR count). The molecule has 1 aromatic heterocycles. The summed E-state index contributed by atoms with van der Waals surface area (Å²) < 4.78 is 5.08. The molecule has 0 aliphatic carbocycles. The maximum atomic E-state index is 11.1. The molecule has 19 heavy (non-hydrogen) atoms. The summed E-state index contributed by atoms with van der Waals surface area (Å²) in [5, 5.41) is 0.894. The van der Waals surface area contributed by atoms with Crippen LogP contribution in [0.15, 0.2) is 0 Å². The lowest BCUT2D eigenvalue weighted by atomic mass is 10.3. The highest BCUT2D eigenvalue weighted by Crippen LogP contribution is 2.27. The van der Waals surface area contributed by atoms with E-state index in [1.807, 2.05) is 0 Å². The summed E-state index contributed by atoms with van der Waals surface area (Å²) in [5.41, 5.74) is 0.730. The first kappa shape index (κ1) is 16.1. The maximum Gasteiger partial charge on any atom is 0.186 e. The number of rotatable bonds is 8. The second kappa shape index (κ2) is 7.57. The van der Waals surface area contributed by atoms with Crippen molar-refractivity contribution in [1.29, 1.82) is 0 Å². The van der Waals surface area contributed by atoms with Gasteiger partial charge in [-0.2, -0.15) is 0 Å². The van der Waals surface area contributed by atoms with Crippen molar-refractivity contribution in [2.45, 2.75) is 26.5 Å². The van der Waals surface area contributed by atoms with E-state index in [1.54, 1.807) is 7.11 Å². The van der Waals surface area contributed by atoms with E-state index in [0.717, 1.165) is 30.2 Å². The number of ether oxygens (including phenoxy) is 1. The van der Waals surface area contributed by atoms with Crippen LogP contribution in [0.5, 0.6) is 0 Å². The molecular formula is C13H23N3O2S. The Balaban J connectivity index is 2.94. The first-order valence-electron chi connectivity index (χ1n) is 6.38. The number of methoxy groups -OCH3 is 1. The van der Waals surface area contributed by atoms with E-state index in [4.69, 9.17) is 4.74 Å². The number of carbonyl (C=O) groups excluding carboxylic acids is 1. The average molecular weight is 285 g/mol. The van der Waals surface area contributed by atoms with Gasteiger partial charge in [0.25, 0.3) is 0 Å². The summed E-state index contributed by atoms with van der Waals surface area (Å²) in [6.45, 7) is 6.46. The minimum Gasteiger partial charge on any atom is -0.378 e. The van der Waals surface area contributed by atoms with Crippen LogP contribution in [0.25, 0.3) is 0 Å². The van der Waals surface area contributed by atoms with Crippen LogP contribution in [0.1, 0.15) is 29.2 Å². The Bertz CT molecular complexity index is 407. The van der Waals surface area contributed by atoms with Crippen LogP contribution in [0.4, 0.5) is 5.13 Å². The third-order valence-electron chi connectivity index (χ3n) is 2.85. The number of thiazole rings is 1. The van der Waals surface area contributed by atoms with Crippen LogP contribution in [0.2, 0.25) is 0 Å². The summed E-state index contributed by atoms with van der Waals surface area (Å²) in [4.78, 5) is 20.6. The Morgan fingerprint density at radius 3 is 2.63 bits per heavy atom. The standard InChI is InChI=1S/C13H23N3O2S/c1-6-16(10(2)7-15(3)4)13-14-11(9-18-5)12(8-17)19-13/h8,10H,6-7,9H2,1-5H3. The molecule has 0 aliphatic heterocycles. The summed E-state index contributed by atoms with van der Waals surface area (Å²) in [6.07, 6.45) is 0.861. The number of anilines is 1. The van der Waals surface area contributed by atoms with Gasteiger partial charge in [0.15, 0.2) is 11.4 Å². The lowest BCUT2D eigenvalue weighted by Crippen LogP contribution is -2.40. The summed E-state index contributed by atoms with van der Waals surface area (Å²) in [5.74, 6) is 0. The van der Waals surface area contributed by atoms with Crippen molar-refractivity contribution in [3.8, 4) is 0 Å². The van der Waals surface area contributed by atoms with Crippen molar-refractivity contribution in [2.24, 2.45) is 0 Å². The lowest BCUT2D eigenvalue weighted by Gasteiger charge is -2.29. The van der Waals surface area contributed by atoms with E-state index < -0.39 is 0 Å². The monoisotopic (exact) mass is 285 g/mol. The van der Waals surface area contributed by atoms with Gasteiger partial charge in [0.05, 0.1) is 17.2 Å². The Kier molecular flexibility index (Phi) is 6.41. The Labute approximate surface area is 119 Å². The van der Waals surface area contributed by atoms with E-state index in [1.165, 1.54) is 11.3 Å². The number of hydrogen-bond donors (Lipinski definition) is 0. The molecule has 0 spiro atoms. The Hall–Kier alpha value is -0.980. The minimum atomic E-state index is 0.348. The smallest absolute Gasteiger partial charge is 0.186 e. The van der Waals surface area contributed by atoms with E-state index in [2.05, 4.69) is 42.7 Å². The fraction of sp³-hybridized carbons (Fsp3) is 0.692. The van der Waals surface area contributed by atoms with Crippen molar-refractivity contribution in [1.82, 2.24) is 9.88 Å². The molecule has 6 heteroatoms. The molecule has 0 N–H and O–H groups in total. The molecule has 0 saturated heterocycles. The number of aromatic nitrogens is 1. The molecule has 108 valence electrons. The van der Waals surface area contributed by atoms with E-state index in [0.29, 0.717) is 17.5 Å². The molecule has 1 atom stereocenters. The maximum absolute atomic E-state index is 11.1. The molecule has 0 amide bonds. The molecule has 5 nitrogen and oxygen atoms in total. The van der Waals surface area contributed by atoms with Gasteiger partial charge in [-0.05, 0) is 27.9 Å². The summed E-state index contributed by atoms with van der Waals surface area (Å²) in [6, 6.07) is 0.348. The van der Waals surface area contributed by atoms with Gasteiger partial charge in [0.2, 0.25) is 0 Å². The number of aldehydes is 1. The van der Waals surface area contributed by atoms with Gasteiger partial charge >= 0.3 is 0 Å². The predicted octanol–water partition coefficient (Wildman–Crippen LogP) is 1.88. The Morgan fingerprint density at radius 2 is 2.16 bits per heavy atom. The van der Waals surface area contributed by atoms with Gasteiger partial charge < -0.3 is 14.5 Å². The third kappa shape index (κ3) is 4.26. The zero-order valence-electron chi connectivity index (χ0n) is 12.3. The second-order valence-corrected chi connectivity index (χ2v) is 5.76. The fourth-order valence-corrected chi connectivity index (χ4v) is 3.12. The number of likely N-dealkylation sites (N-methyl/N-ethyl adjacent to an activating group) is 2. The normalized spacial score (nSPS) is 12.7. The van der Waals surface area contributed by atoms with Crippen LogP contribution in [-0.2, 0) is 11.3 Å². The molecular weight excluding hydrogens is 262 g/mol. The first-order chi connectivity index (χ1) is 9.03. The quantitative estimate of drug-likeness (QED) is 0.682. The van der Waals surface area contributed by atoms with Gasteiger partial charge in [0, 0.05) is 26.2 Å². The number of hydrogen-bond acceptors (Lipinski definition) is 6. The van der Waals surface area contributed by atoms with E-state index in [9.17, 15) is 4.79 Å². The fourth-order valence-electron chi connectivity index (χ4n) is 2.07. The van der Waals surface area contributed by atoms with Crippen molar-refractivity contribution >= 4 is 22.8 Å². The highest BCUT2D eigenvalue weighted by molar-refractivity contribution is 7.17. The highest BCUT2D eigenvalue weighted by atomic mass is 32.1. The molecule has 1 unspecified atom stereocenters. The van der Waals surface area contributed by atoms with Crippen LogP contribution in [0, 0.1) is 0 Å². The molecule has 0 radical (unpaired) electrons. The first-order valence-corrected chi connectivity index (χ1v) is 7.20. The van der Waals surface area contributed by atoms with Crippen LogP contribution in [-0.4, -0.2) is 56.5 Å². The zero-order valence-corrected chi connectivity index (χ0v) is 13.2. The summed E-state index contributed by atoms with van der Waals surface area (Å²) >= 11 is 1.44. The molecule has 0 aliphatic rings. The number of carbonyl (C=O) groups is 1. The van der Waals surface area contributed by atoms with Crippen LogP contribution >= 0.6 is 11.3 Å². The second-order valence-electron chi connectivity index (χ2n) is 4.76. The van der Waals surface area contributed by atoms with E-state index in [-0.39, 0.29) is 0 Å². The molecule has 1 aromatic rings. The third-order valence-corrected chi connectivity index (χ3v) is 3.91. The SMILES string of the molecule is CCN(c1nc(COC)c(C=O)s1)C(C)CN(C)C. The topological polar surface area (TPSA) is 45.7 Å². The van der Waals surface area contributed by atoms with Gasteiger partial charge in [-0.25, -0.2) is 4.98 Å². The average Bonchev–Trinajstić information content (AvgIpc) is 2.72. The van der Waals surface area contributed by atoms with Gasteiger partial charge in [-0.3, -0.25) is 4.79 Å². The van der Waals surface area contributed by atoms with Crippen LogP contribution < -0.4 is 4.90 Å². The predicted molar refractivity (Wildman–Crippen MR) is 79.3 cm³/mol. The molecule has 1 heterocycles. The molecule has 0 saturated carbocycles. The highest BCUT2D eigenvalue weighted by Gasteiger charge is 2.19. The molecule has 0 fully saturated rings. The van der Waals surface area contributed by atoms with Crippen LogP contribution in [0.3, 0.4) is 0 Å². The largest absolute Gasteiger partial charge is 0.378 e. The zero-order chi connectivity index (χ0) is 14.4. The van der Waals surface area contributed by atoms with Crippen molar-refractivity contribution in [2.75, 3.05) is 39.2 Å². The molecule has 0 aromatic carbocycles. The lowest BCUT2D eigenvalue weighted by molar-refractivity contribution is 0.112. The Morgan fingerprint density at radius 1 is 1.47 bits per heavy atom. The minimum absolute atomic E-state index is 0.348. The van der Waals surface area contributed by atoms with Gasteiger partial charge in [-0.1, -0.05) is 11.3 Å². The van der Waals surface area contributed by atoms with Gasteiger partial charge in [-0.15, -0.1) is 0 Å². The molecule has 0 bridgehead atoms. The number of nitrogens with zero attached hydrogens (tertiary/aromatic N) is 3. The summed E-state index contributed by atoms with van der Waals surface area (Å²) in [7, 11) is 5.72. The van der Waals surface area contributed by atoms with E-state index >= 15 is 0 Å². The van der Waals surface area contributed by atoms with Crippen molar-refractivity contribution in [3.05, 3.63) is 10.6 Å². The van der Waals surface area contributed by atoms with Crippen molar-refractivity contribution < 1.29 is 9.53 Å². The van der Waals surface area contributed by atoms with Crippen molar-refractivity contribution in [3.63, 3.8) is 0 Å².